The van der Waals surface area contributed by atoms with E-state index in [1.165, 1.54) is 4.88 Å². The second-order valence-corrected chi connectivity index (χ2v) is 6.18. The van der Waals surface area contributed by atoms with Crippen LogP contribution in [0.15, 0.2) is 18.2 Å². The van der Waals surface area contributed by atoms with Gasteiger partial charge in [-0.25, -0.2) is 4.98 Å². The number of hydrogen-bond acceptors (Lipinski definition) is 4. The molecule has 0 aliphatic carbocycles. The third kappa shape index (κ3) is 3.19. The molecule has 0 unspecified atom stereocenters. The van der Waals surface area contributed by atoms with Crippen molar-refractivity contribution in [2.45, 2.75) is 26.2 Å². The highest BCUT2D eigenvalue weighted by molar-refractivity contribution is 7.15. The molecule has 1 aromatic heterocycles. The fourth-order valence-electron chi connectivity index (χ4n) is 1.96. The summed E-state index contributed by atoms with van der Waals surface area (Å²) in [5.41, 5.74) is 8.04. The lowest BCUT2D eigenvalue weighted by molar-refractivity contribution is 0.414. The lowest BCUT2D eigenvalue weighted by Gasteiger charge is -2.08. The molecule has 1 aromatic carbocycles. The number of nitrogens with zero attached hydrogens (tertiary/aromatic N) is 1. The van der Waals surface area contributed by atoms with Crippen molar-refractivity contribution in [2.24, 2.45) is 0 Å². The minimum Gasteiger partial charge on any atom is -0.495 e. The molecule has 0 amide bonds. The molecule has 2 rings (SSSR count). The molecule has 2 N–H and O–H groups in total. The summed E-state index contributed by atoms with van der Waals surface area (Å²) in [5, 5.41) is 1.25. The van der Waals surface area contributed by atoms with Crippen LogP contribution in [0.1, 0.15) is 35.9 Å². The Morgan fingerprint density at radius 1 is 1.42 bits per heavy atom. The van der Waals surface area contributed by atoms with Crippen LogP contribution in [0.2, 0.25) is 5.02 Å². The molecule has 5 heteroatoms. The van der Waals surface area contributed by atoms with Crippen LogP contribution in [0.4, 0.5) is 5.13 Å². The quantitative estimate of drug-likeness (QED) is 0.924. The first kappa shape index (κ1) is 14.2. The Labute approximate surface area is 122 Å². The number of benzene rings is 1. The van der Waals surface area contributed by atoms with Crippen LogP contribution in [-0.2, 0) is 6.42 Å². The van der Waals surface area contributed by atoms with Gasteiger partial charge in [0.25, 0.3) is 0 Å². The van der Waals surface area contributed by atoms with Gasteiger partial charge in [-0.2, -0.15) is 0 Å². The summed E-state index contributed by atoms with van der Waals surface area (Å²) in [6.07, 6.45) is 0.801. The maximum atomic E-state index is 6.03. The van der Waals surface area contributed by atoms with E-state index >= 15 is 0 Å². The number of aromatic nitrogens is 1. The van der Waals surface area contributed by atoms with E-state index in [1.807, 2.05) is 18.2 Å². The van der Waals surface area contributed by atoms with Crippen molar-refractivity contribution in [3.8, 4) is 5.75 Å². The van der Waals surface area contributed by atoms with Crippen LogP contribution in [-0.4, -0.2) is 12.1 Å². The monoisotopic (exact) mass is 296 g/mol. The fraction of sp³-hybridized carbons (Fsp3) is 0.357. The van der Waals surface area contributed by atoms with Crippen LogP contribution in [0, 0.1) is 0 Å². The summed E-state index contributed by atoms with van der Waals surface area (Å²) in [4.78, 5) is 5.61. The normalized spacial score (nSPS) is 11.0. The predicted octanol–water partition coefficient (Wildman–Crippen LogP) is 4.10. The first-order chi connectivity index (χ1) is 9.01. The number of methoxy groups -OCH3 is 1. The number of ether oxygens (including phenoxy) is 1. The van der Waals surface area contributed by atoms with Crippen molar-refractivity contribution in [2.75, 3.05) is 12.8 Å². The summed E-state index contributed by atoms with van der Waals surface area (Å²) < 4.78 is 5.24. The minimum absolute atomic E-state index is 0.373. The van der Waals surface area contributed by atoms with Crippen LogP contribution in [0.25, 0.3) is 0 Å². The molecule has 0 aliphatic rings. The molecular formula is C14H17ClN2OS. The van der Waals surface area contributed by atoms with E-state index in [0.29, 0.717) is 21.8 Å². The fourth-order valence-corrected chi connectivity index (χ4v) is 3.18. The van der Waals surface area contributed by atoms with Gasteiger partial charge >= 0.3 is 0 Å². The van der Waals surface area contributed by atoms with Gasteiger partial charge in [0.15, 0.2) is 5.13 Å². The van der Waals surface area contributed by atoms with Crippen molar-refractivity contribution in [1.29, 1.82) is 0 Å². The van der Waals surface area contributed by atoms with Crippen molar-refractivity contribution >= 4 is 28.1 Å². The molecule has 0 bridgehead atoms. The summed E-state index contributed by atoms with van der Waals surface area (Å²) in [6, 6.07) is 5.82. The molecular weight excluding hydrogens is 280 g/mol. The Morgan fingerprint density at radius 2 is 2.16 bits per heavy atom. The van der Waals surface area contributed by atoms with E-state index in [9.17, 15) is 0 Å². The second-order valence-electron chi connectivity index (χ2n) is 4.66. The van der Waals surface area contributed by atoms with E-state index in [1.54, 1.807) is 18.4 Å². The van der Waals surface area contributed by atoms with Gasteiger partial charge in [0.05, 0.1) is 17.8 Å². The molecule has 0 saturated carbocycles. The summed E-state index contributed by atoms with van der Waals surface area (Å²) >= 11 is 7.58. The van der Waals surface area contributed by atoms with E-state index in [2.05, 4.69) is 18.8 Å². The average Bonchev–Trinajstić information content (AvgIpc) is 2.73. The SMILES string of the molecule is COc1cc(Cc2sc(N)nc2C(C)C)ccc1Cl. The van der Waals surface area contributed by atoms with Crippen LogP contribution >= 0.6 is 22.9 Å². The van der Waals surface area contributed by atoms with E-state index in [0.717, 1.165) is 17.7 Å². The Morgan fingerprint density at radius 3 is 2.79 bits per heavy atom. The molecule has 102 valence electrons. The third-order valence-corrected chi connectivity index (χ3v) is 4.08. The Balaban J connectivity index is 2.31. The number of nitrogens with two attached hydrogens (primary N) is 1. The number of halogens is 1. The highest BCUT2D eigenvalue weighted by Crippen LogP contribution is 2.31. The highest BCUT2D eigenvalue weighted by Gasteiger charge is 2.14. The molecule has 0 aliphatic heterocycles. The number of nitrogen functional groups attached to an aromatic ring is 1. The van der Waals surface area contributed by atoms with E-state index in [4.69, 9.17) is 22.1 Å². The van der Waals surface area contributed by atoms with Gasteiger partial charge < -0.3 is 10.5 Å². The van der Waals surface area contributed by atoms with Crippen LogP contribution in [0.5, 0.6) is 5.75 Å². The number of rotatable bonds is 4. The number of hydrogen-bond donors (Lipinski definition) is 1. The third-order valence-electron chi connectivity index (χ3n) is 2.87. The molecule has 1 heterocycles. The zero-order chi connectivity index (χ0) is 14.0. The van der Waals surface area contributed by atoms with Crippen molar-refractivity contribution in [3.05, 3.63) is 39.4 Å². The topological polar surface area (TPSA) is 48.1 Å². The Hall–Kier alpha value is -1.26. The maximum Gasteiger partial charge on any atom is 0.180 e. The van der Waals surface area contributed by atoms with Crippen molar-refractivity contribution in [1.82, 2.24) is 4.98 Å². The van der Waals surface area contributed by atoms with Gasteiger partial charge in [0, 0.05) is 11.3 Å². The van der Waals surface area contributed by atoms with E-state index < -0.39 is 0 Å². The lowest BCUT2D eigenvalue weighted by atomic mass is 10.0. The van der Waals surface area contributed by atoms with Gasteiger partial charge in [0.2, 0.25) is 0 Å². The van der Waals surface area contributed by atoms with Crippen LogP contribution < -0.4 is 10.5 Å². The molecule has 0 spiro atoms. The van der Waals surface area contributed by atoms with Gasteiger partial charge in [-0.1, -0.05) is 31.5 Å². The summed E-state index contributed by atoms with van der Waals surface area (Å²) in [5.74, 6) is 1.07. The van der Waals surface area contributed by atoms with Crippen molar-refractivity contribution < 1.29 is 4.74 Å². The molecule has 3 nitrogen and oxygen atoms in total. The van der Waals surface area contributed by atoms with Gasteiger partial charge in [-0.05, 0) is 23.6 Å². The standard InChI is InChI=1S/C14H17ClN2OS/c1-8(2)13-12(19-14(16)17-13)7-9-4-5-10(15)11(6-9)18-3/h4-6,8H,7H2,1-3H3,(H2,16,17). The predicted molar refractivity (Wildman–Crippen MR) is 81.4 cm³/mol. The molecule has 0 fully saturated rings. The molecule has 2 aromatic rings. The summed E-state index contributed by atoms with van der Waals surface area (Å²) in [7, 11) is 1.62. The lowest BCUT2D eigenvalue weighted by Crippen LogP contribution is -1.96. The number of thiazole rings is 1. The molecule has 19 heavy (non-hydrogen) atoms. The van der Waals surface area contributed by atoms with Crippen LogP contribution in [0.3, 0.4) is 0 Å². The van der Waals surface area contributed by atoms with E-state index in [-0.39, 0.29) is 0 Å². The zero-order valence-corrected chi connectivity index (χ0v) is 12.8. The first-order valence-electron chi connectivity index (χ1n) is 6.08. The first-order valence-corrected chi connectivity index (χ1v) is 7.28. The highest BCUT2D eigenvalue weighted by atomic mass is 35.5. The largest absolute Gasteiger partial charge is 0.495 e. The van der Waals surface area contributed by atoms with Gasteiger partial charge in [0.1, 0.15) is 5.75 Å². The van der Waals surface area contributed by atoms with Gasteiger partial charge in [-0.3, -0.25) is 0 Å². The molecule has 0 radical (unpaired) electrons. The number of anilines is 1. The Bertz CT molecular complexity index is 581. The average molecular weight is 297 g/mol. The van der Waals surface area contributed by atoms with Crippen molar-refractivity contribution in [3.63, 3.8) is 0 Å². The minimum atomic E-state index is 0.373. The second kappa shape index (κ2) is 5.80. The molecule has 0 atom stereocenters. The maximum absolute atomic E-state index is 6.03. The zero-order valence-electron chi connectivity index (χ0n) is 11.2. The van der Waals surface area contributed by atoms with Gasteiger partial charge in [-0.15, -0.1) is 11.3 Å². The molecule has 0 saturated heterocycles. The smallest absolute Gasteiger partial charge is 0.180 e. The summed E-state index contributed by atoms with van der Waals surface area (Å²) in [6.45, 7) is 4.25. The Kier molecular flexibility index (Phi) is 4.32.